The first kappa shape index (κ1) is 6.36. The van der Waals surface area contributed by atoms with Gasteiger partial charge in [0.2, 0.25) is 0 Å². The van der Waals surface area contributed by atoms with Crippen LogP contribution in [0.25, 0.3) is 0 Å². The van der Waals surface area contributed by atoms with Crippen LogP contribution in [0.3, 0.4) is 0 Å². The molecule has 0 saturated heterocycles. The van der Waals surface area contributed by atoms with Crippen molar-refractivity contribution in [1.82, 2.24) is 4.57 Å². The highest BCUT2D eigenvalue weighted by Crippen LogP contribution is 2.07. The van der Waals surface area contributed by atoms with Crippen LogP contribution in [0, 0.1) is 0 Å². The van der Waals surface area contributed by atoms with Crippen molar-refractivity contribution in [1.29, 1.82) is 0 Å². The summed E-state index contributed by atoms with van der Waals surface area (Å²) in [5, 5.41) is 0. The molecule has 2 nitrogen and oxygen atoms in total. The molecule has 0 amide bonds. The van der Waals surface area contributed by atoms with E-state index >= 15 is 0 Å². The van der Waals surface area contributed by atoms with Gasteiger partial charge in [0, 0.05) is 25.0 Å². The Bertz CT molecular complexity index is 189. The smallest absolute Gasteiger partial charge is 0.0421 e. The lowest BCUT2D eigenvalue weighted by Gasteiger charge is -2.05. The third-order valence-electron chi connectivity index (χ3n) is 1.45. The van der Waals surface area contributed by atoms with Gasteiger partial charge in [-0.1, -0.05) is 0 Å². The van der Waals surface area contributed by atoms with E-state index in [2.05, 4.69) is 0 Å². The van der Waals surface area contributed by atoms with Crippen LogP contribution in [0.1, 0.15) is 18.7 Å². The monoisotopic (exact) mass is 124 g/mol. The fourth-order valence-corrected chi connectivity index (χ4v) is 0.947. The summed E-state index contributed by atoms with van der Waals surface area (Å²) in [6, 6.07) is 4.17. The summed E-state index contributed by atoms with van der Waals surface area (Å²) in [5.74, 6) is 0. The molecule has 50 valence electrons. The third-order valence-corrected chi connectivity index (χ3v) is 1.45. The van der Waals surface area contributed by atoms with Gasteiger partial charge in [-0.25, -0.2) is 0 Å². The minimum Gasteiger partial charge on any atom is -0.353 e. The van der Waals surface area contributed by atoms with Crippen molar-refractivity contribution < 1.29 is 0 Å². The maximum absolute atomic E-state index is 5.64. The Morgan fingerprint density at radius 2 is 2.33 bits per heavy atom. The van der Waals surface area contributed by atoms with Gasteiger partial charge in [-0.2, -0.15) is 0 Å². The number of nitrogens with zero attached hydrogens (tertiary/aromatic N) is 1. The SMILES string of the molecule is C[C@H](N)c1cccn1C. The van der Waals surface area contributed by atoms with Crippen LogP contribution in [0.4, 0.5) is 0 Å². The summed E-state index contributed by atoms with van der Waals surface area (Å²) in [7, 11) is 2.00. The molecule has 0 aromatic carbocycles. The Morgan fingerprint density at radius 1 is 1.67 bits per heavy atom. The molecule has 0 fully saturated rings. The number of rotatable bonds is 1. The first-order chi connectivity index (χ1) is 4.22. The largest absolute Gasteiger partial charge is 0.353 e. The number of aromatic nitrogens is 1. The van der Waals surface area contributed by atoms with Gasteiger partial charge >= 0.3 is 0 Å². The summed E-state index contributed by atoms with van der Waals surface area (Å²) in [6.07, 6.45) is 2.00. The molecular weight excluding hydrogens is 112 g/mol. The van der Waals surface area contributed by atoms with Crippen LogP contribution in [-0.4, -0.2) is 4.57 Å². The summed E-state index contributed by atoms with van der Waals surface area (Å²) in [4.78, 5) is 0. The molecule has 0 spiro atoms. The lowest BCUT2D eigenvalue weighted by Crippen LogP contribution is -2.08. The molecule has 1 heterocycles. The van der Waals surface area contributed by atoms with Crippen LogP contribution in [0.2, 0.25) is 0 Å². The predicted octanol–water partition coefficient (Wildman–Crippen LogP) is 1.04. The molecular formula is C7H12N2. The zero-order valence-electron chi connectivity index (χ0n) is 5.83. The summed E-state index contributed by atoms with van der Waals surface area (Å²) in [5.41, 5.74) is 6.81. The standard InChI is InChI=1S/C7H12N2/c1-6(8)7-4-3-5-9(7)2/h3-6H,8H2,1-2H3/t6-/m0/s1. The molecule has 0 aliphatic heterocycles. The normalized spacial score (nSPS) is 13.7. The van der Waals surface area contributed by atoms with Gasteiger partial charge in [0.05, 0.1) is 0 Å². The molecule has 1 aromatic heterocycles. The molecule has 2 N–H and O–H groups in total. The Balaban J connectivity index is 2.94. The number of hydrogen-bond acceptors (Lipinski definition) is 1. The van der Waals surface area contributed by atoms with E-state index in [0.717, 1.165) is 0 Å². The molecule has 2 heteroatoms. The topological polar surface area (TPSA) is 30.9 Å². The maximum Gasteiger partial charge on any atom is 0.0421 e. The number of hydrogen-bond donors (Lipinski definition) is 1. The van der Waals surface area contributed by atoms with Gasteiger partial charge < -0.3 is 10.3 Å². The van der Waals surface area contributed by atoms with Gasteiger partial charge in [0.25, 0.3) is 0 Å². The van der Waals surface area contributed by atoms with Crippen molar-refractivity contribution in [2.24, 2.45) is 12.8 Å². The molecule has 0 aliphatic rings. The summed E-state index contributed by atoms with van der Waals surface area (Å²) >= 11 is 0. The van der Waals surface area contributed by atoms with Crippen molar-refractivity contribution in [3.8, 4) is 0 Å². The Labute approximate surface area is 55.3 Å². The first-order valence-corrected chi connectivity index (χ1v) is 3.08. The van der Waals surface area contributed by atoms with Crippen LogP contribution in [0.15, 0.2) is 18.3 Å². The highest BCUT2D eigenvalue weighted by atomic mass is 14.9. The number of nitrogens with two attached hydrogens (primary N) is 1. The predicted molar refractivity (Wildman–Crippen MR) is 38.0 cm³/mol. The third kappa shape index (κ3) is 1.13. The van der Waals surface area contributed by atoms with Gasteiger partial charge in [-0.15, -0.1) is 0 Å². The summed E-state index contributed by atoms with van der Waals surface area (Å²) < 4.78 is 2.03. The molecule has 1 aromatic rings. The fraction of sp³-hybridized carbons (Fsp3) is 0.429. The minimum absolute atomic E-state index is 0.144. The van der Waals surface area contributed by atoms with Crippen LogP contribution >= 0.6 is 0 Å². The number of aryl methyl sites for hydroxylation is 1. The fourth-order valence-electron chi connectivity index (χ4n) is 0.947. The zero-order chi connectivity index (χ0) is 6.85. The lowest BCUT2D eigenvalue weighted by molar-refractivity contribution is 0.715. The highest BCUT2D eigenvalue weighted by Gasteiger charge is 1.99. The Hall–Kier alpha value is -0.760. The lowest BCUT2D eigenvalue weighted by atomic mass is 10.2. The van der Waals surface area contributed by atoms with E-state index < -0.39 is 0 Å². The molecule has 1 atom stereocenters. The van der Waals surface area contributed by atoms with Crippen molar-refractivity contribution in [2.45, 2.75) is 13.0 Å². The maximum atomic E-state index is 5.64. The zero-order valence-corrected chi connectivity index (χ0v) is 5.83. The molecule has 9 heavy (non-hydrogen) atoms. The van der Waals surface area contributed by atoms with Crippen molar-refractivity contribution in [2.75, 3.05) is 0 Å². The van der Waals surface area contributed by atoms with Crippen LogP contribution in [0.5, 0.6) is 0 Å². The van der Waals surface area contributed by atoms with Gasteiger partial charge in [-0.3, -0.25) is 0 Å². The molecule has 0 bridgehead atoms. The van der Waals surface area contributed by atoms with Crippen molar-refractivity contribution in [3.63, 3.8) is 0 Å². The molecule has 0 saturated carbocycles. The minimum atomic E-state index is 0.144. The Kier molecular flexibility index (Phi) is 1.58. The van der Waals surface area contributed by atoms with E-state index in [9.17, 15) is 0 Å². The van der Waals surface area contributed by atoms with E-state index in [4.69, 9.17) is 5.73 Å². The van der Waals surface area contributed by atoms with Crippen LogP contribution in [-0.2, 0) is 7.05 Å². The average molecular weight is 124 g/mol. The molecule has 0 radical (unpaired) electrons. The van der Waals surface area contributed by atoms with E-state index in [1.54, 1.807) is 0 Å². The summed E-state index contributed by atoms with van der Waals surface area (Å²) in [6.45, 7) is 1.98. The van der Waals surface area contributed by atoms with Crippen molar-refractivity contribution >= 4 is 0 Å². The van der Waals surface area contributed by atoms with Gasteiger partial charge in [-0.05, 0) is 19.1 Å². The first-order valence-electron chi connectivity index (χ1n) is 3.08. The van der Waals surface area contributed by atoms with Crippen LogP contribution < -0.4 is 5.73 Å². The molecule has 0 aliphatic carbocycles. The molecule has 0 unspecified atom stereocenters. The second kappa shape index (κ2) is 2.23. The van der Waals surface area contributed by atoms with Gasteiger partial charge in [0.1, 0.15) is 0 Å². The second-order valence-electron chi connectivity index (χ2n) is 2.33. The average Bonchev–Trinajstić information content (AvgIpc) is 2.13. The molecule has 1 rings (SSSR count). The van der Waals surface area contributed by atoms with E-state index in [1.165, 1.54) is 5.69 Å². The quantitative estimate of drug-likeness (QED) is 0.596. The second-order valence-corrected chi connectivity index (χ2v) is 2.33. The highest BCUT2D eigenvalue weighted by molar-refractivity contribution is 5.09. The van der Waals surface area contributed by atoms with Gasteiger partial charge in [0.15, 0.2) is 0 Å². The van der Waals surface area contributed by atoms with Crippen molar-refractivity contribution in [3.05, 3.63) is 24.0 Å². The van der Waals surface area contributed by atoms with E-state index in [1.807, 2.05) is 36.9 Å². The van der Waals surface area contributed by atoms with E-state index in [-0.39, 0.29) is 6.04 Å². The van der Waals surface area contributed by atoms with E-state index in [0.29, 0.717) is 0 Å². The Morgan fingerprint density at radius 3 is 2.56 bits per heavy atom.